The summed E-state index contributed by atoms with van der Waals surface area (Å²) in [4.78, 5) is 35.2. The number of aromatic nitrogens is 2. The summed E-state index contributed by atoms with van der Waals surface area (Å²) in [5.74, 6) is 0.753. The Morgan fingerprint density at radius 1 is 1.10 bits per heavy atom. The van der Waals surface area contributed by atoms with Gasteiger partial charge in [-0.2, -0.15) is 0 Å². The second kappa shape index (κ2) is 7.13. The Kier molecular flexibility index (Phi) is 4.42. The normalized spacial score (nSPS) is 16.7. The van der Waals surface area contributed by atoms with E-state index in [9.17, 15) is 14.7 Å². The Morgan fingerprint density at radius 3 is 2.57 bits per heavy atom. The average molecular weight is 401 g/mol. The fraction of sp³-hybridized carbons (Fsp3) is 0.292. The van der Waals surface area contributed by atoms with Gasteiger partial charge in [0.25, 0.3) is 5.56 Å². The number of carbonyl (C=O) groups excluding carboxylic acids is 1. The molecule has 6 heteroatoms. The Bertz CT molecular complexity index is 1170. The molecule has 1 fully saturated rings. The number of H-pyrrole nitrogens is 1. The van der Waals surface area contributed by atoms with Crippen LogP contribution in [0.5, 0.6) is 5.75 Å². The Labute approximate surface area is 174 Å². The molecule has 1 aliphatic carbocycles. The number of carbonyl (C=O) groups is 1. The molecule has 1 aromatic heterocycles. The number of nitrogens with zero attached hydrogens (tertiary/aromatic N) is 2. The average Bonchev–Trinajstić information content (AvgIpc) is 3.58. The number of hydrogen-bond donors (Lipinski definition) is 2. The molecule has 0 atom stereocenters. The van der Waals surface area contributed by atoms with Gasteiger partial charge in [0.1, 0.15) is 11.6 Å². The third-order valence-corrected chi connectivity index (χ3v) is 6.28. The SMILES string of the molecule is O=C(Cc1ccccc1O)N1CCc2nc(C3(c4ccccc4)CC3)[nH]c(=O)c2C1. The van der Waals surface area contributed by atoms with E-state index in [0.29, 0.717) is 24.1 Å². The number of nitrogens with one attached hydrogen (secondary N) is 1. The van der Waals surface area contributed by atoms with E-state index in [1.165, 1.54) is 5.56 Å². The molecule has 30 heavy (non-hydrogen) atoms. The number of fused-ring (bicyclic) bond motifs is 1. The highest BCUT2D eigenvalue weighted by molar-refractivity contribution is 5.79. The predicted molar refractivity (Wildman–Crippen MR) is 112 cm³/mol. The van der Waals surface area contributed by atoms with Crippen LogP contribution in [0.15, 0.2) is 59.4 Å². The maximum atomic E-state index is 12.9. The first-order valence-electron chi connectivity index (χ1n) is 10.3. The van der Waals surface area contributed by atoms with Gasteiger partial charge in [0.05, 0.1) is 29.6 Å². The standard InChI is InChI=1S/C24H23N3O3/c28-20-9-5-4-6-16(20)14-21(29)27-13-10-19-18(15-27)22(30)26-23(25-19)24(11-12-24)17-7-2-1-3-8-17/h1-9,28H,10-15H2,(H,25,26,30). The van der Waals surface area contributed by atoms with Crippen LogP contribution in [0.2, 0.25) is 0 Å². The van der Waals surface area contributed by atoms with Crippen LogP contribution in [0.4, 0.5) is 0 Å². The van der Waals surface area contributed by atoms with E-state index in [4.69, 9.17) is 4.98 Å². The van der Waals surface area contributed by atoms with Crippen LogP contribution in [0.1, 0.15) is 41.1 Å². The summed E-state index contributed by atoms with van der Waals surface area (Å²) in [5.41, 5.74) is 2.80. The molecule has 0 saturated heterocycles. The third-order valence-electron chi connectivity index (χ3n) is 6.28. The molecule has 2 aliphatic rings. The maximum Gasteiger partial charge on any atom is 0.256 e. The van der Waals surface area contributed by atoms with Crippen LogP contribution in [0, 0.1) is 0 Å². The summed E-state index contributed by atoms with van der Waals surface area (Å²) in [6.07, 6.45) is 2.63. The second-order valence-corrected chi connectivity index (χ2v) is 8.16. The molecule has 1 aliphatic heterocycles. The quantitative estimate of drug-likeness (QED) is 0.704. The smallest absolute Gasteiger partial charge is 0.256 e. The number of phenols is 1. The van der Waals surface area contributed by atoms with Gasteiger partial charge in [-0.1, -0.05) is 48.5 Å². The van der Waals surface area contributed by atoms with E-state index in [2.05, 4.69) is 17.1 Å². The minimum Gasteiger partial charge on any atom is -0.508 e. The zero-order valence-corrected chi connectivity index (χ0v) is 16.6. The zero-order chi connectivity index (χ0) is 20.7. The summed E-state index contributed by atoms with van der Waals surface area (Å²) < 4.78 is 0. The van der Waals surface area contributed by atoms with Crippen molar-refractivity contribution >= 4 is 5.91 Å². The first-order chi connectivity index (χ1) is 14.6. The molecule has 6 nitrogen and oxygen atoms in total. The number of para-hydroxylation sites is 1. The molecule has 2 N–H and O–H groups in total. The fourth-order valence-corrected chi connectivity index (χ4v) is 4.34. The molecule has 0 unspecified atom stereocenters. The zero-order valence-electron chi connectivity index (χ0n) is 16.6. The van der Waals surface area contributed by atoms with Crippen molar-refractivity contribution in [3.63, 3.8) is 0 Å². The van der Waals surface area contributed by atoms with E-state index in [0.717, 1.165) is 24.4 Å². The minimum atomic E-state index is -0.187. The molecule has 1 saturated carbocycles. The number of rotatable bonds is 4. The lowest BCUT2D eigenvalue weighted by molar-refractivity contribution is -0.131. The summed E-state index contributed by atoms with van der Waals surface area (Å²) >= 11 is 0. The molecule has 0 bridgehead atoms. The van der Waals surface area contributed by atoms with Crippen molar-refractivity contribution in [2.75, 3.05) is 6.54 Å². The highest BCUT2D eigenvalue weighted by atomic mass is 16.3. The topological polar surface area (TPSA) is 86.3 Å². The van der Waals surface area contributed by atoms with Gasteiger partial charge in [-0.3, -0.25) is 9.59 Å². The lowest BCUT2D eigenvalue weighted by Gasteiger charge is -2.28. The van der Waals surface area contributed by atoms with Gasteiger partial charge in [-0.25, -0.2) is 4.98 Å². The first-order valence-corrected chi connectivity index (χ1v) is 10.3. The van der Waals surface area contributed by atoms with Crippen molar-refractivity contribution in [3.05, 3.63) is 93.2 Å². The lowest BCUT2D eigenvalue weighted by atomic mass is 9.94. The Hall–Kier alpha value is -3.41. The highest BCUT2D eigenvalue weighted by Crippen LogP contribution is 2.51. The molecular formula is C24H23N3O3. The van der Waals surface area contributed by atoms with E-state index in [1.807, 2.05) is 18.2 Å². The predicted octanol–water partition coefficient (Wildman–Crippen LogP) is 2.68. The number of aromatic hydroxyl groups is 1. The number of benzene rings is 2. The second-order valence-electron chi connectivity index (χ2n) is 8.16. The summed E-state index contributed by atoms with van der Waals surface area (Å²) in [7, 11) is 0. The van der Waals surface area contributed by atoms with Crippen LogP contribution in [0.3, 0.4) is 0 Å². The largest absolute Gasteiger partial charge is 0.508 e. The van der Waals surface area contributed by atoms with Gasteiger partial charge in [-0.15, -0.1) is 0 Å². The van der Waals surface area contributed by atoms with E-state index in [1.54, 1.807) is 29.2 Å². The molecule has 0 spiro atoms. The van der Waals surface area contributed by atoms with Crippen molar-refractivity contribution in [1.82, 2.24) is 14.9 Å². The molecule has 2 heterocycles. The number of aromatic amines is 1. The first kappa shape index (κ1) is 18.6. The maximum absolute atomic E-state index is 12.9. The van der Waals surface area contributed by atoms with E-state index >= 15 is 0 Å². The van der Waals surface area contributed by atoms with Gasteiger partial charge in [0.15, 0.2) is 0 Å². The number of amides is 1. The lowest BCUT2D eigenvalue weighted by Crippen LogP contribution is -2.41. The van der Waals surface area contributed by atoms with Crippen molar-refractivity contribution in [2.45, 2.75) is 37.6 Å². The van der Waals surface area contributed by atoms with Crippen molar-refractivity contribution in [1.29, 1.82) is 0 Å². The summed E-state index contributed by atoms with van der Waals surface area (Å²) in [6, 6.07) is 17.0. The summed E-state index contributed by atoms with van der Waals surface area (Å²) in [5, 5.41) is 9.93. The van der Waals surface area contributed by atoms with Gasteiger partial charge in [0.2, 0.25) is 5.91 Å². The highest BCUT2D eigenvalue weighted by Gasteiger charge is 2.48. The van der Waals surface area contributed by atoms with E-state index < -0.39 is 0 Å². The number of hydrogen-bond acceptors (Lipinski definition) is 4. The van der Waals surface area contributed by atoms with Gasteiger partial charge < -0.3 is 15.0 Å². The van der Waals surface area contributed by atoms with Crippen molar-refractivity contribution in [2.24, 2.45) is 0 Å². The van der Waals surface area contributed by atoms with Crippen LogP contribution < -0.4 is 5.56 Å². The van der Waals surface area contributed by atoms with Crippen molar-refractivity contribution in [3.8, 4) is 5.75 Å². The van der Waals surface area contributed by atoms with Crippen LogP contribution in [-0.2, 0) is 29.6 Å². The molecular weight excluding hydrogens is 378 g/mol. The van der Waals surface area contributed by atoms with Crippen LogP contribution in [0.25, 0.3) is 0 Å². The summed E-state index contributed by atoms with van der Waals surface area (Å²) in [6.45, 7) is 0.774. The fourth-order valence-electron chi connectivity index (χ4n) is 4.34. The Balaban J connectivity index is 1.39. The van der Waals surface area contributed by atoms with Gasteiger partial charge in [-0.05, 0) is 24.5 Å². The minimum absolute atomic E-state index is 0.103. The van der Waals surface area contributed by atoms with Crippen molar-refractivity contribution < 1.29 is 9.90 Å². The molecule has 152 valence electrons. The Morgan fingerprint density at radius 2 is 1.83 bits per heavy atom. The monoisotopic (exact) mass is 401 g/mol. The molecule has 3 aromatic rings. The van der Waals surface area contributed by atoms with Crippen LogP contribution >= 0.6 is 0 Å². The molecule has 1 amide bonds. The van der Waals surface area contributed by atoms with Gasteiger partial charge in [0, 0.05) is 18.5 Å². The number of phenolic OH excluding ortho intramolecular Hbond substituents is 1. The van der Waals surface area contributed by atoms with Crippen LogP contribution in [-0.4, -0.2) is 32.4 Å². The third kappa shape index (κ3) is 3.18. The van der Waals surface area contributed by atoms with Gasteiger partial charge >= 0.3 is 0 Å². The van der Waals surface area contributed by atoms with E-state index in [-0.39, 0.29) is 35.6 Å². The molecule has 5 rings (SSSR count). The molecule has 0 radical (unpaired) electrons. The molecule has 2 aromatic carbocycles.